The van der Waals surface area contributed by atoms with E-state index in [4.69, 9.17) is 22.9 Å². The lowest BCUT2D eigenvalue weighted by atomic mass is 10.5. The number of aromatic nitrogens is 3. The molecule has 1 aromatic rings. The van der Waals surface area contributed by atoms with Gasteiger partial charge in [0.25, 0.3) is 0 Å². The number of hydrogen-bond donors (Lipinski definition) is 6. The van der Waals surface area contributed by atoms with Crippen molar-refractivity contribution in [2.45, 2.75) is 6.42 Å². The third-order valence-corrected chi connectivity index (χ3v) is 1.79. The van der Waals surface area contributed by atoms with Crippen molar-refractivity contribution in [3.05, 3.63) is 0 Å². The molecule has 100 valence electrons. The molecule has 0 aromatic carbocycles. The minimum atomic E-state index is -0.524. The molecule has 2 heterocycles. The number of anilines is 3. The predicted molar refractivity (Wildman–Crippen MR) is 65.1 cm³/mol. The van der Waals surface area contributed by atoms with Crippen molar-refractivity contribution < 1.29 is 4.79 Å². The zero-order chi connectivity index (χ0) is 13.5. The van der Waals surface area contributed by atoms with E-state index in [2.05, 4.69) is 25.8 Å². The van der Waals surface area contributed by atoms with Crippen molar-refractivity contribution >= 4 is 23.9 Å². The number of nitrogens with two attached hydrogens (primary N) is 4. The van der Waals surface area contributed by atoms with E-state index in [1.54, 1.807) is 5.12 Å². The maximum atomic E-state index is 10.2. The van der Waals surface area contributed by atoms with Crippen LogP contribution in [0.5, 0.6) is 0 Å². The molecule has 1 saturated heterocycles. The maximum absolute atomic E-state index is 10.2. The fourth-order valence-corrected chi connectivity index (χ4v) is 1.19. The first-order chi connectivity index (χ1) is 8.47. The standard InChI is InChI=1S/C4H10N4O.C3H6N6/c5-4(9)7-8-3-1-2-6-8;4-1-7-2(5)9-3(6)8-1/h6H,1-3H2,(H3,5,7,9);(H6,4,5,6,7,8,9). The summed E-state index contributed by atoms with van der Waals surface area (Å²) in [6.45, 7) is 1.73. The van der Waals surface area contributed by atoms with E-state index in [-0.39, 0.29) is 17.8 Å². The number of hydrazine groups is 2. The zero-order valence-electron chi connectivity index (χ0n) is 9.63. The molecule has 11 nitrogen and oxygen atoms in total. The third-order valence-electron chi connectivity index (χ3n) is 1.79. The topological polar surface area (TPSA) is 187 Å². The van der Waals surface area contributed by atoms with Crippen molar-refractivity contribution in [3.63, 3.8) is 0 Å². The van der Waals surface area contributed by atoms with Crippen LogP contribution in [0.4, 0.5) is 22.6 Å². The van der Waals surface area contributed by atoms with Gasteiger partial charge in [-0.3, -0.25) is 5.43 Å². The number of carbonyl (C=O) groups excluding carboxylic acids is 1. The van der Waals surface area contributed by atoms with Gasteiger partial charge in [-0.2, -0.15) is 20.1 Å². The first kappa shape index (κ1) is 13.7. The van der Waals surface area contributed by atoms with E-state index in [0.29, 0.717) is 0 Å². The summed E-state index contributed by atoms with van der Waals surface area (Å²) in [5.41, 5.74) is 25.6. The average molecular weight is 256 g/mol. The molecule has 0 saturated carbocycles. The number of amides is 2. The molecule has 2 amide bonds. The molecular formula is C7H16N10O. The van der Waals surface area contributed by atoms with Gasteiger partial charge in [-0.1, -0.05) is 0 Å². The molecule has 1 aromatic heterocycles. The molecule has 11 heteroatoms. The molecule has 0 unspecified atom stereocenters. The van der Waals surface area contributed by atoms with Crippen LogP contribution in [0.15, 0.2) is 0 Å². The quantitative estimate of drug-likeness (QED) is 0.313. The second-order valence-corrected chi connectivity index (χ2v) is 3.30. The average Bonchev–Trinajstić information content (AvgIpc) is 2.67. The van der Waals surface area contributed by atoms with Gasteiger partial charge in [-0.05, 0) is 6.42 Å². The summed E-state index contributed by atoms with van der Waals surface area (Å²) in [5, 5.41) is 1.59. The summed E-state index contributed by atoms with van der Waals surface area (Å²) in [6.07, 6.45) is 1.04. The molecule has 0 spiro atoms. The van der Waals surface area contributed by atoms with Gasteiger partial charge in [0.2, 0.25) is 17.8 Å². The van der Waals surface area contributed by atoms with E-state index in [0.717, 1.165) is 19.5 Å². The number of carbonyl (C=O) groups is 1. The number of urea groups is 1. The van der Waals surface area contributed by atoms with E-state index in [1.165, 1.54) is 0 Å². The van der Waals surface area contributed by atoms with E-state index in [9.17, 15) is 4.79 Å². The molecular weight excluding hydrogens is 240 g/mol. The number of hydrogen-bond acceptors (Lipinski definition) is 9. The number of nitrogen functional groups attached to an aromatic ring is 3. The number of rotatable bonds is 1. The van der Waals surface area contributed by atoms with Crippen LogP contribution in [0, 0.1) is 0 Å². The monoisotopic (exact) mass is 256 g/mol. The second-order valence-electron chi connectivity index (χ2n) is 3.30. The van der Waals surface area contributed by atoms with Crippen LogP contribution in [-0.2, 0) is 0 Å². The van der Waals surface area contributed by atoms with Crippen molar-refractivity contribution in [2.24, 2.45) is 5.73 Å². The molecule has 10 N–H and O–H groups in total. The Balaban J connectivity index is 0.000000180. The predicted octanol–water partition coefficient (Wildman–Crippen LogP) is -2.60. The summed E-state index contributed by atoms with van der Waals surface area (Å²) in [7, 11) is 0. The summed E-state index contributed by atoms with van der Waals surface area (Å²) in [5.74, 6) is 0.125. The van der Waals surface area contributed by atoms with Gasteiger partial charge >= 0.3 is 6.03 Å². The Bertz CT molecular complexity index is 353. The van der Waals surface area contributed by atoms with Crippen LogP contribution in [-0.4, -0.2) is 39.2 Å². The third kappa shape index (κ3) is 5.09. The number of primary amides is 1. The Morgan fingerprint density at radius 2 is 1.67 bits per heavy atom. The minimum absolute atomic E-state index is 0.0417. The van der Waals surface area contributed by atoms with E-state index in [1.807, 2.05) is 0 Å². The summed E-state index contributed by atoms with van der Waals surface area (Å²) < 4.78 is 0. The van der Waals surface area contributed by atoms with Gasteiger partial charge in [0, 0.05) is 13.1 Å². The molecule has 2 rings (SSSR count). The maximum Gasteiger partial charge on any atom is 0.327 e. The highest BCUT2D eigenvalue weighted by Crippen LogP contribution is 1.97. The number of nitrogens with zero attached hydrogens (tertiary/aromatic N) is 4. The Morgan fingerprint density at radius 1 is 1.17 bits per heavy atom. The normalized spacial score (nSPS) is 14.7. The fourth-order valence-electron chi connectivity index (χ4n) is 1.19. The van der Waals surface area contributed by atoms with E-state index >= 15 is 0 Å². The molecule has 18 heavy (non-hydrogen) atoms. The van der Waals surface area contributed by atoms with Crippen molar-refractivity contribution in [2.75, 3.05) is 30.3 Å². The Morgan fingerprint density at radius 3 is 2.00 bits per heavy atom. The second kappa shape index (κ2) is 6.36. The van der Waals surface area contributed by atoms with Crippen molar-refractivity contribution in [1.29, 1.82) is 0 Å². The van der Waals surface area contributed by atoms with Crippen LogP contribution in [0.1, 0.15) is 6.42 Å². The van der Waals surface area contributed by atoms with Crippen LogP contribution < -0.4 is 33.8 Å². The highest BCUT2D eigenvalue weighted by molar-refractivity contribution is 5.70. The van der Waals surface area contributed by atoms with Gasteiger partial charge < -0.3 is 22.9 Å². The summed E-state index contributed by atoms with van der Waals surface area (Å²) in [6, 6.07) is -0.524. The first-order valence-electron chi connectivity index (χ1n) is 5.07. The smallest absolute Gasteiger partial charge is 0.327 e. The SMILES string of the molecule is NC(=O)NN1CCCN1.Nc1nc(N)nc(N)n1. The molecule has 0 aliphatic carbocycles. The number of nitrogens with one attached hydrogen (secondary N) is 2. The lowest BCUT2D eigenvalue weighted by molar-refractivity contribution is 0.168. The largest absolute Gasteiger partial charge is 0.368 e. The molecule has 1 aliphatic heterocycles. The minimum Gasteiger partial charge on any atom is -0.368 e. The van der Waals surface area contributed by atoms with Crippen molar-refractivity contribution in [3.8, 4) is 0 Å². The van der Waals surface area contributed by atoms with Crippen LogP contribution in [0.25, 0.3) is 0 Å². The van der Waals surface area contributed by atoms with Crippen LogP contribution in [0.2, 0.25) is 0 Å². The van der Waals surface area contributed by atoms with E-state index < -0.39 is 6.03 Å². The van der Waals surface area contributed by atoms with Crippen LogP contribution in [0.3, 0.4) is 0 Å². The lowest BCUT2D eigenvalue weighted by Gasteiger charge is -2.13. The molecule has 0 bridgehead atoms. The van der Waals surface area contributed by atoms with Gasteiger partial charge in [-0.15, -0.1) is 0 Å². The summed E-state index contributed by atoms with van der Waals surface area (Å²) >= 11 is 0. The zero-order valence-corrected chi connectivity index (χ0v) is 9.63. The summed E-state index contributed by atoms with van der Waals surface area (Å²) in [4.78, 5) is 20.6. The molecule has 0 radical (unpaired) electrons. The highest BCUT2D eigenvalue weighted by atomic mass is 16.2. The fraction of sp³-hybridized carbons (Fsp3) is 0.429. The Labute approximate surface area is 103 Å². The van der Waals surface area contributed by atoms with Gasteiger partial charge in [0.15, 0.2) is 0 Å². The lowest BCUT2D eigenvalue weighted by Crippen LogP contribution is -2.48. The van der Waals surface area contributed by atoms with Gasteiger partial charge in [-0.25, -0.2) is 10.2 Å². The van der Waals surface area contributed by atoms with Gasteiger partial charge in [0.05, 0.1) is 0 Å². The van der Waals surface area contributed by atoms with Crippen molar-refractivity contribution in [1.82, 2.24) is 30.9 Å². The highest BCUT2D eigenvalue weighted by Gasteiger charge is 2.10. The molecule has 1 fully saturated rings. The van der Waals surface area contributed by atoms with Crippen LogP contribution >= 0.6 is 0 Å². The first-order valence-corrected chi connectivity index (χ1v) is 5.07. The Hall–Kier alpha value is -2.40. The molecule has 1 aliphatic rings. The Kier molecular flexibility index (Phi) is 4.83. The molecule has 0 atom stereocenters. The van der Waals surface area contributed by atoms with Gasteiger partial charge in [0.1, 0.15) is 0 Å².